The zero-order valence-electron chi connectivity index (χ0n) is 13.5. The molecule has 5 heteroatoms. The lowest BCUT2D eigenvalue weighted by Crippen LogP contribution is -2.39. The zero-order chi connectivity index (χ0) is 15.1. The molecule has 0 spiro atoms. The molecule has 22 heavy (non-hydrogen) atoms. The van der Waals surface area contributed by atoms with Gasteiger partial charge in [-0.05, 0) is 18.1 Å². The first-order valence-corrected chi connectivity index (χ1v) is 7.50. The SMILES string of the molecule is CCCCN(C)C(=NC)NCc1cccc2cccnc12.I. The van der Waals surface area contributed by atoms with Gasteiger partial charge in [-0.1, -0.05) is 37.6 Å². The van der Waals surface area contributed by atoms with E-state index in [0.29, 0.717) is 0 Å². The zero-order valence-corrected chi connectivity index (χ0v) is 15.9. The molecule has 2 aromatic rings. The van der Waals surface area contributed by atoms with Gasteiger partial charge >= 0.3 is 0 Å². The number of rotatable bonds is 5. The summed E-state index contributed by atoms with van der Waals surface area (Å²) in [5, 5.41) is 4.59. The molecular formula is C17H25IN4. The first-order chi connectivity index (χ1) is 10.3. The van der Waals surface area contributed by atoms with Gasteiger partial charge in [0.2, 0.25) is 0 Å². The Balaban J connectivity index is 0.00000242. The van der Waals surface area contributed by atoms with Crippen LogP contribution >= 0.6 is 24.0 Å². The van der Waals surface area contributed by atoms with Crippen LogP contribution in [0.3, 0.4) is 0 Å². The number of aliphatic imine (C=N–C) groups is 1. The molecule has 0 bridgehead atoms. The molecule has 2 rings (SSSR count). The van der Waals surface area contributed by atoms with Gasteiger partial charge in [-0.25, -0.2) is 0 Å². The maximum Gasteiger partial charge on any atom is 0.193 e. The van der Waals surface area contributed by atoms with Crippen LogP contribution < -0.4 is 5.32 Å². The van der Waals surface area contributed by atoms with Crippen molar-refractivity contribution >= 4 is 40.8 Å². The minimum Gasteiger partial charge on any atom is -0.352 e. The second-order valence-corrected chi connectivity index (χ2v) is 5.17. The first-order valence-electron chi connectivity index (χ1n) is 7.50. The molecule has 0 saturated heterocycles. The van der Waals surface area contributed by atoms with Crippen LogP contribution in [-0.2, 0) is 6.54 Å². The average molecular weight is 412 g/mol. The number of guanidine groups is 1. The third kappa shape index (κ3) is 4.83. The number of benzene rings is 1. The highest BCUT2D eigenvalue weighted by atomic mass is 127. The third-order valence-corrected chi connectivity index (χ3v) is 3.57. The summed E-state index contributed by atoms with van der Waals surface area (Å²) < 4.78 is 0. The normalized spacial score (nSPS) is 11.1. The molecule has 0 radical (unpaired) electrons. The summed E-state index contributed by atoms with van der Waals surface area (Å²) in [6.07, 6.45) is 4.20. The van der Waals surface area contributed by atoms with Gasteiger partial charge in [0.15, 0.2) is 5.96 Å². The predicted molar refractivity (Wildman–Crippen MR) is 105 cm³/mol. The summed E-state index contributed by atoms with van der Waals surface area (Å²) >= 11 is 0. The highest BCUT2D eigenvalue weighted by molar-refractivity contribution is 14.0. The lowest BCUT2D eigenvalue weighted by atomic mass is 10.1. The lowest BCUT2D eigenvalue weighted by Gasteiger charge is -2.22. The number of nitrogens with one attached hydrogen (secondary N) is 1. The molecule has 1 heterocycles. The summed E-state index contributed by atoms with van der Waals surface area (Å²) in [6.45, 7) is 3.95. The Morgan fingerprint density at radius 3 is 2.77 bits per heavy atom. The summed E-state index contributed by atoms with van der Waals surface area (Å²) in [6, 6.07) is 10.3. The Labute approximate surface area is 150 Å². The van der Waals surface area contributed by atoms with E-state index in [1.165, 1.54) is 23.8 Å². The maximum absolute atomic E-state index is 4.49. The van der Waals surface area contributed by atoms with Crippen LogP contribution in [0.25, 0.3) is 10.9 Å². The van der Waals surface area contributed by atoms with Crippen LogP contribution in [0, 0.1) is 0 Å². The molecule has 0 fully saturated rings. The van der Waals surface area contributed by atoms with Gasteiger partial charge in [0, 0.05) is 38.8 Å². The largest absolute Gasteiger partial charge is 0.352 e. The standard InChI is InChI=1S/C17H24N4.HI/c1-4-5-12-21(3)17(18-2)20-13-15-9-6-8-14-10-7-11-19-16(14)15;/h6-11H,4-5,12-13H2,1-3H3,(H,18,20);1H. The van der Waals surface area contributed by atoms with Crippen molar-refractivity contribution in [3.8, 4) is 0 Å². The number of pyridine rings is 1. The van der Waals surface area contributed by atoms with Gasteiger partial charge in [0.25, 0.3) is 0 Å². The van der Waals surface area contributed by atoms with Gasteiger partial charge in [-0.2, -0.15) is 0 Å². The fourth-order valence-electron chi connectivity index (χ4n) is 2.37. The number of fused-ring (bicyclic) bond motifs is 1. The minimum absolute atomic E-state index is 0. The molecule has 1 N–H and O–H groups in total. The van der Waals surface area contributed by atoms with E-state index >= 15 is 0 Å². The summed E-state index contributed by atoms with van der Waals surface area (Å²) in [5.74, 6) is 0.927. The number of para-hydroxylation sites is 1. The van der Waals surface area contributed by atoms with Gasteiger partial charge < -0.3 is 10.2 Å². The Bertz CT molecular complexity index is 607. The van der Waals surface area contributed by atoms with Crippen LogP contribution in [0.15, 0.2) is 41.5 Å². The summed E-state index contributed by atoms with van der Waals surface area (Å²) in [7, 11) is 3.90. The molecule has 1 aromatic carbocycles. The van der Waals surface area contributed by atoms with E-state index < -0.39 is 0 Å². The fourth-order valence-corrected chi connectivity index (χ4v) is 2.37. The number of aromatic nitrogens is 1. The van der Waals surface area contributed by atoms with Crippen molar-refractivity contribution in [1.29, 1.82) is 0 Å². The van der Waals surface area contributed by atoms with Crippen LogP contribution in [0.2, 0.25) is 0 Å². The molecule has 0 saturated carbocycles. The quantitative estimate of drug-likeness (QED) is 0.463. The molecule has 120 valence electrons. The number of hydrogen-bond acceptors (Lipinski definition) is 2. The van der Waals surface area contributed by atoms with E-state index in [9.17, 15) is 0 Å². The summed E-state index contributed by atoms with van der Waals surface area (Å²) in [5.41, 5.74) is 2.25. The average Bonchev–Trinajstić information content (AvgIpc) is 2.53. The molecule has 0 amide bonds. The van der Waals surface area contributed by atoms with E-state index in [1.807, 2.05) is 19.3 Å². The Morgan fingerprint density at radius 2 is 2.05 bits per heavy atom. The second-order valence-electron chi connectivity index (χ2n) is 5.17. The molecule has 0 aliphatic carbocycles. The monoisotopic (exact) mass is 412 g/mol. The maximum atomic E-state index is 4.49. The van der Waals surface area contributed by atoms with Crippen LogP contribution in [-0.4, -0.2) is 36.5 Å². The van der Waals surface area contributed by atoms with Crippen LogP contribution in [0.5, 0.6) is 0 Å². The summed E-state index contributed by atoms with van der Waals surface area (Å²) in [4.78, 5) is 11.0. The fraction of sp³-hybridized carbons (Fsp3) is 0.412. The topological polar surface area (TPSA) is 40.5 Å². The van der Waals surface area contributed by atoms with E-state index in [4.69, 9.17) is 0 Å². The number of halogens is 1. The van der Waals surface area contributed by atoms with Crippen LogP contribution in [0.1, 0.15) is 25.3 Å². The number of hydrogen-bond donors (Lipinski definition) is 1. The smallest absolute Gasteiger partial charge is 0.193 e. The van der Waals surface area contributed by atoms with Gasteiger partial charge in [-0.3, -0.25) is 9.98 Å². The van der Waals surface area contributed by atoms with Crippen molar-refractivity contribution in [3.05, 3.63) is 42.1 Å². The Morgan fingerprint density at radius 1 is 1.27 bits per heavy atom. The highest BCUT2D eigenvalue weighted by Crippen LogP contribution is 2.15. The Kier molecular flexibility index (Phi) is 8.16. The van der Waals surface area contributed by atoms with Crippen molar-refractivity contribution in [3.63, 3.8) is 0 Å². The van der Waals surface area contributed by atoms with E-state index in [1.54, 1.807) is 0 Å². The predicted octanol–water partition coefficient (Wildman–Crippen LogP) is 3.66. The molecule has 0 unspecified atom stereocenters. The van der Waals surface area contributed by atoms with E-state index in [2.05, 4.69) is 58.4 Å². The van der Waals surface area contributed by atoms with Crippen LogP contribution in [0.4, 0.5) is 0 Å². The first kappa shape index (κ1) is 18.7. The van der Waals surface area contributed by atoms with E-state index in [0.717, 1.165) is 24.6 Å². The van der Waals surface area contributed by atoms with Crippen molar-refractivity contribution in [1.82, 2.24) is 15.2 Å². The highest BCUT2D eigenvalue weighted by Gasteiger charge is 2.06. The van der Waals surface area contributed by atoms with Crippen molar-refractivity contribution in [2.24, 2.45) is 4.99 Å². The van der Waals surface area contributed by atoms with Gasteiger partial charge in [0.1, 0.15) is 0 Å². The lowest BCUT2D eigenvalue weighted by molar-refractivity contribution is 0.465. The number of nitrogens with zero attached hydrogens (tertiary/aromatic N) is 3. The molecule has 0 aliphatic rings. The van der Waals surface area contributed by atoms with Gasteiger partial charge in [0.05, 0.1) is 5.52 Å². The molecule has 0 aliphatic heterocycles. The van der Waals surface area contributed by atoms with E-state index in [-0.39, 0.29) is 24.0 Å². The van der Waals surface area contributed by atoms with Crippen molar-refractivity contribution < 1.29 is 0 Å². The second kappa shape index (κ2) is 9.61. The molecular weight excluding hydrogens is 387 g/mol. The van der Waals surface area contributed by atoms with Crippen molar-refractivity contribution in [2.75, 3.05) is 20.6 Å². The minimum atomic E-state index is 0. The van der Waals surface area contributed by atoms with Crippen molar-refractivity contribution in [2.45, 2.75) is 26.3 Å². The molecule has 1 aromatic heterocycles. The number of unbranched alkanes of at least 4 members (excludes halogenated alkanes) is 1. The molecule has 0 atom stereocenters. The molecule has 4 nitrogen and oxygen atoms in total. The van der Waals surface area contributed by atoms with Gasteiger partial charge in [-0.15, -0.1) is 24.0 Å². The third-order valence-electron chi connectivity index (χ3n) is 3.57. The Hall–Kier alpha value is -1.37.